The third-order valence-electron chi connectivity index (χ3n) is 2.47. The molecule has 0 saturated heterocycles. The van der Waals surface area contributed by atoms with Crippen molar-refractivity contribution in [1.29, 1.82) is 0 Å². The number of carbonyl (C=O) groups excluding carboxylic acids is 1. The van der Waals surface area contributed by atoms with Crippen molar-refractivity contribution < 1.29 is 14.7 Å². The van der Waals surface area contributed by atoms with Crippen molar-refractivity contribution in [1.82, 2.24) is 20.2 Å². The van der Waals surface area contributed by atoms with Crippen molar-refractivity contribution in [3.05, 3.63) is 18.2 Å². The van der Waals surface area contributed by atoms with E-state index in [9.17, 15) is 9.59 Å². The third kappa shape index (κ3) is 4.54. The first-order chi connectivity index (χ1) is 8.50. The Morgan fingerprint density at radius 2 is 2.28 bits per heavy atom. The van der Waals surface area contributed by atoms with E-state index in [1.54, 1.807) is 6.20 Å². The molecule has 7 nitrogen and oxygen atoms in total. The molecule has 1 aromatic rings. The zero-order chi connectivity index (χ0) is 13.5. The first-order valence-corrected chi connectivity index (χ1v) is 5.67. The second-order valence-corrected chi connectivity index (χ2v) is 4.00. The van der Waals surface area contributed by atoms with Crippen LogP contribution in [0.25, 0.3) is 0 Å². The van der Waals surface area contributed by atoms with Gasteiger partial charge in [0.05, 0.1) is 0 Å². The Morgan fingerprint density at radius 1 is 1.56 bits per heavy atom. The highest BCUT2D eigenvalue weighted by Gasteiger charge is 2.17. The molecule has 0 radical (unpaired) electrons. The minimum atomic E-state index is -1.05. The molecule has 1 rings (SSSR count). The highest BCUT2D eigenvalue weighted by molar-refractivity contribution is 5.82. The Hall–Kier alpha value is -1.89. The summed E-state index contributed by atoms with van der Waals surface area (Å²) >= 11 is 0. The van der Waals surface area contributed by atoms with Crippen LogP contribution in [0, 0.1) is 0 Å². The van der Waals surface area contributed by atoms with Crippen LogP contribution < -0.4 is 10.6 Å². The maximum absolute atomic E-state index is 10.8. The standard InChI is InChI=1S/C11H18N4O3/c1-8(16)14-9(11(17)18)7-12-4-3-10-13-5-6-15(10)2/h5-6,9,12H,3-4,7H2,1-2H3,(H,14,16)(H,17,18). The van der Waals surface area contributed by atoms with E-state index in [0.717, 1.165) is 5.82 Å². The Bertz CT molecular complexity index is 416. The smallest absolute Gasteiger partial charge is 0.327 e. The van der Waals surface area contributed by atoms with Crippen LogP contribution >= 0.6 is 0 Å². The topological polar surface area (TPSA) is 96.3 Å². The molecule has 0 saturated carbocycles. The van der Waals surface area contributed by atoms with Gasteiger partial charge in [0.15, 0.2) is 0 Å². The summed E-state index contributed by atoms with van der Waals surface area (Å²) in [5, 5.41) is 14.2. The van der Waals surface area contributed by atoms with Crippen molar-refractivity contribution in [2.24, 2.45) is 7.05 Å². The Kier molecular flexibility index (Phi) is 5.31. The highest BCUT2D eigenvalue weighted by Crippen LogP contribution is 1.94. The predicted molar refractivity (Wildman–Crippen MR) is 65.0 cm³/mol. The van der Waals surface area contributed by atoms with Crippen LogP contribution in [0.2, 0.25) is 0 Å². The van der Waals surface area contributed by atoms with Gasteiger partial charge in [0.25, 0.3) is 0 Å². The average molecular weight is 254 g/mol. The number of imidazole rings is 1. The molecule has 0 aromatic carbocycles. The van der Waals surface area contributed by atoms with E-state index in [1.807, 2.05) is 17.8 Å². The van der Waals surface area contributed by atoms with Crippen molar-refractivity contribution in [3.8, 4) is 0 Å². The molecule has 1 atom stereocenters. The number of nitrogens with one attached hydrogen (secondary N) is 2. The lowest BCUT2D eigenvalue weighted by molar-refractivity contribution is -0.141. The van der Waals surface area contributed by atoms with Gasteiger partial charge in [-0.15, -0.1) is 0 Å². The number of hydrogen-bond acceptors (Lipinski definition) is 4. The van der Waals surface area contributed by atoms with Gasteiger partial charge in [-0.1, -0.05) is 0 Å². The molecule has 3 N–H and O–H groups in total. The molecule has 18 heavy (non-hydrogen) atoms. The van der Waals surface area contributed by atoms with Crippen LogP contribution in [-0.2, 0) is 23.1 Å². The normalized spacial score (nSPS) is 12.1. The van der Waals surface area contributed by atoms with E-state index in [2.05, 4.69) is 15.6 Å². The summed E-state index contributed by atoms with van der Waals surface area (Å²) in [7, 11) is 1.90. The van der Waals surface area contributed by atoms with Gasteiger partial charge in [0, 0.05) is 45.9 Å². The molecule has 0 aliphatic heterocycles. The second-order valence-electron chi connectivity index (χ2n) is 4.00. The second kappa shape index (κ2) is 6.75. The van der Waals surface area contributed by atoms with Gasteiger partial charge < -0.3 is 20.3 Å². The van der Waals surface area contributed by atoms with Gasteiger partial charge in [-0.3, -0.25) is 4.79 Å². The minimum Gasteiger partial charge on any atom is -0.480 e. The fraction of sp³-hybridized carbons (Fsp3) is 0.545. The van der Waals surface area contributed by atoms with Crippen LogP contribution in [0.3, 0.4) is 0 Å². The summed E-state index contributed by atoms with van der Waals surface area (Å²) in [6.07, 6.45) is 4.27. The van der Waals surface area contributed by atoms with E-state index in [-0.39, 0.29) is 12.5 Å². The molecular formula is C11H18N4O3. The average Bonchev–Trinajstić information content (AvgIpc) is 2.68. The van der Waals surface area contributed by atoms with Gasteiger partial charge in [-0.25, -0.2) is 9.78 Å². The van der Waals surface area contributed by atoms with Crippen LogP contribution in [0.5, 0.6) is 0 Å². The number of carboxylic acid groups (broad SMARTS) is 1. The van der Waals surface area contributed by atoms with E-state index < -0.39 is 12.0 Å². The molecule has 0 spiro atoms. The third-order valence-corrected chi connectivity index (χ3v) is 2.47. The van der Waals surface area contributed by atoms with Crippen molar-refractivity contribution >= 4 is 11.9 Å². The van der Waals surface area contributed by atoms with Crippen LogP contribution in [0.15, 0.2) is 12.4 Å². The van der Waals surface area contributed by atoms with Crippen LogP contribution in [0.4, 0.5) is 0 Å². The SMILES string of the molecule is CC(=O)NC(CNCCc1nccn1C)C(=O)O. The zero-order valence-electron chi connectivity index (χ0n) is 10.5. The maximum atomic E-state index is 10.8. The van der Waals surface area contributed by atoms with Crippen molar-refractivity contribution in [2.75, 3.05) is 13.1 Å². The lowest BCUT2D eigenvalue weighted by Crippen LogP contribution is -2.46. The van der Waals surface area contributed by atoms with Gasteiger partial charge in [0.1, 0.15) is 11.9 Å². The number of aryl methyl sites for hydroxylation is 1. The largest absolute Gasteiger partial charge is 0.480 e. The molecule has 1 amide bonds. The monoisotopic (exact) mass is 254 g/mol. The molecule has 0 bridgehead atoms. The highest BCUT2D eigenvalue weighted by atomic mass is 16.4. The van der Waals surface area contributed by atoms with Crippen LogP contribution in [-0.4, -0.2) is 45.7 Å². The van der Waals surface area contributed by atoms with Crippen molar-refractivity contribution in [2.45, 2.75) is 19.4 Å². The van der Waals surface area contributed by atoms with Gasteiger partial charge in [0.2, 0.25) is 5.91 Å². The number of carboxylic acids is 1. The lowest BCUT2D eigenvalue weighted by Gasteiger charge is -2.13. The summed E-state index contributed by atoms with van der Waals surface area (Å²) in [6, 6.07) is -0.899. The van der Waals surface area contributed by atoms with Gasteiger partial charge >= 0.3 is 5.97 Å². The Labute approximate surface area is 105 Å². The molecule has 0 fully saturated rings. The van der Waals surface area contributed by atoms with Crippen LogP contribution in [0.1, 0.15) is 12.7 Å². The summed E-state index contributed by atoms with van der Waals surface area (Å²) in [5.74, 6) is -0.475. The molecule has 7 heteroatoms. The number of amides is 1. The number of nitrogens with zero attached hydrogens (tertiary/aromatic N) is 2. The van der Waals surface area contributed by atoms with E-state index >= 15 is 0 Å². The molecular weight excluding hydrogens is 236 g/mol. The quantitative estimate of drug-likeness (QED) is 0.550. The summed E-state index contributed by atoms with van der Waals surface area (Å²) in [4.78, 5) is 25.8. The molecule has 0 aliphatic rings. The Morgan fingerprint density at radius 3 is 2.78 bits per heavy atom. The number of aliphatic carboxylic acids is 1. The molecule has 0 aliphatic carbocycles. The van der Waals surface area contributed by atoms with E-state index in [4.69, 9.17) is 5.11 Å². The number of rotatable bonds is 7. The maximum Gasteiger partial charge on any atom is 0.327 e. The van der Waals surface area contributed by atoms with Gasteiger partial charge in [-0.2, -0.15) is 0 Å². The van der Waals surface area contributed by atoms with E-state index in [1.165, 1.54) is 6.92 Å². The molecule has 1 aromatic heterocycles. The molecule has 1 unspecified atom stereocenters. The lowest BCUT2D eigenvalue weighted by atomic mass is 10.3. The predicted octanol–water partition coefficient (Wildman–Crippen LogP) is -0.858. The summed E-state index contributed by atoms with van der Waals surface area (Å²) in [5.41, 5.74) is 0. The first kappa shape index (κ1) is 14.2. The molecule has 1 heterocycles. The Balaban J connectivity index is 2.29. The number of aromatic nitrogens is 2. The zero-order valence-corrected chi connectivity index (χ0v) is 10.5. The number of hydrogen-bond donors (Lipinski definition) is 3. The van der Waals surface area contributed by atoms with Gasteiger partial charge in [-0.05, 0) is 0 Å². The number of carbonyl (C=O) groups is 2. The minimum absolute atomic E-state index is 0.194. The summed E-state index contributed by atoms with van der Waals surface area (Å²) in [6.45, 7) is 2.09. The summed E-state index contributed by atoms with van der Waals surface area (Å²) < 4.78 is 1.91. The van der Waals surface area contributed by atoms with E-state index in [0.29, 0.717) is 13.0 Å². The molecule has 100 valence electrons. The fourth-order valence-electron chi connectivity index (χ4n) is 1.53. The first-order valence-electron chi connectivity index (χ1n) is 5.67. The fourth-order valence-corrected chi connectivity index (χ4v) is 1.53. The van der Waals surface area contributed by atoms with Crippen molar-refractivity contribution in [3.63, 3.8) is 0 Å².